The van der Waals surface area contributed by atoms with E-state index in [-0.39, 0.29) is 36.2 Å². The first-order valence-corrected chi connectivity index (χ1v) is 7.66. The molecule has 1 heterocycles. The third-order valence-electron chi connectivity index (χ3n) is 3.46. The minimum absolute atomic E-state index is 0.0457. The highest BCUT2D eigenvalue weighted by molar-refractivity contribution is 5.94. The average Bonchev–Trinajstić information content (AvgIpc) is 3.03. The summed E-state index contributed by atoms with van der Waals surface area (Å²) in [6.45, 7) is 5.87. The van der Waals surface area contributed by atoms with Crippen LogP contribution in [0.1, 0.15) is 51.9 Å². The molecule has 0 aliphatic carbocycles. The predicted molar refractivity (Wildman–Crippen MR) is 86.4 cm³/mol. The van der Waals surface area contributed by atoms with E-state index in [1.165, 1.54) is 12.5 Å². The Morgan fingerprint density at radius 2 is 1.88 bits per heavy atom. The van der Waals surface area contributed by atoms with E-state index in [0.29, 0.717) is 11.3 Å². The number of amides is 2. The van der Waals surface area contributed by atoms with Crippen molar-refractivity contribution in [3.8, 4) is 0 Å². The van der Waals surface area contributed by atoms with E-state index in [2.05, 4.69) is 15.6 Å². The van der Waals surface area contributed by atoms with Gasteiger partial charge in [0.05, 0.1) is 0 Å². The lowest BCUT2D eigenvalue weighted by molar-refractivity contribution is 0.0924. The summed E-state index contributed by atoms with van der Waals surface area (Å²) in [6, 6.07) is 4.29. The Morgan fingerprint density at radius 3 is 2.50 bits per heavy atom. The molecule has 0 radical (unpaired) electrons. The lowest BCUT2D eigenvalue weighted by Crippen LogP contribution is -2.35. The van der Waals surface area contributed by atoms with Gasteiger partial charge in [-0.15, -0.1) is 0 Å². The molecule has 1 aromatic heterocycles. The topological polar surface area (TPSA) is 84.2 Å². The fourth-order valence-electron chi connectivity index (χ4n) is 2.11. The van der Waals surface area contributed by atoms with Gasteiger partial charge in [-0.3, -0.25) is 9.59 Å². The third kappa shape index (κ3) is 4.18. The second-order valence-corrected chi connectivity index (χ2v) is 5.70. The molecule has 1 aromatic carbocycles. The molecule has 24 heavy (non-hydrogen) atoms. The SMILES string of the molecule is Cc1ccc(C(=O)NCCNC(=O)c2ncoc2C(C)C)cc1F. The van der Waals surface area contributed by atoms with Crippen LogP contribution < -0.4 is 10.6 Å². The first kappa shape index (κ1) is 17.7. The summed E-state index contributed by atoms with van der Waals surface area (Å²) in [7, 11) is 0. The highest BCUT2D eigenvalue weighted by atomic mass is 19.1. The van der Waals surface area contributed by atoms with Gasteiger partial charge in [0.1, 0.15) is 11.6 Å². The van der Waals surface area contributed by atoms with Crippen molar-refractivity contribution >= 4 is 11.8 Å². The van der Waals surface area contributed by atoms with Crippen molar-refractivity contribution < 1.29 is 18.4 Å². The second-order valence-electron chi connectivity index (χ2n) is 5.70. The quantitative estimate of drug-likeness (QED) is 0.795. The Balaban J connectivity index is 1.82. The number of carbonyl (C=O) groups is 2. The number of benzene rings is 1. The minimum atomic E-state index is -0.428. The maximum absolute atomic E-state index is 13.4. The van der Waals surface area contributed by atoms with Crippen molar-refractivity contribution in [3.05, 3.63) is 53.0 Å². The number of hydrogen-bond donors (Lipinski definition) is 2. The molecule has 128 valence electrons. The van der Waals surface area contributed by atoms with Gasteiger partial charge in [0.15, 0.2) is 12.1 Å². The summed E-state index contributed by atoms with van der Waals surface area (Å²) in [5, 5.41) is 5.28. The summed E-state index contributed by atoms with van der Waals surface area (Å²) in [4.78, 5) is 27.8. The van der Waals surface area contributed by atoms with Crippen LogP contribution in [0.25, 0.3) is 0 Å². The smallest absolute Gasteiger partial charge is 0.273 e. The normalized spacial score (nSPS) is 10.7. The lowest BCUT2D eigenvalue weighted by atomic mass is 10.1. The maximum Gasteiger partial charge on any atom is 0.273 e. The van der Waals surface area contributed by atoms with Gasteiger partial charge in [0, 0.05) is 24.6 Å². The maximum atomic E-state index is 13.4. The Morgan fingerprint density at radius 1 is 1.21 bits per heavy atom. The van der Waals surface area contributed by atoms with Crippen molar-refractivity contribution in [2.45, 2.75) is 26.7 Å². The zero-order chi connectivity index (χ0) is 17.7. The fourth-order valence-corrected chi connectivity index (χ4v) is 2.11. The molecule has 7 heteroatoms. The molecule has 0 saturated carbocycles. The van der Waals surface area contributed by atoms with Crippen LogP contribution in [0.4, 0.5) is 4.39 Å². The van der Waals surface area contributed by atoms with Crippen molar-refractivity contribution in [1.82, 2.24) is 15.6 Å². The Labute approximate surface area is 139 Å². The number of oxazole rings is 1. The van der Waals surface area contributed by atoms with Gasteiger partial charge in [-0.2, -0.15) is 0 Å². The van der Waals surface area contributed by atoms with Crippen molar-refractivity contribution in [2.24, 2.45) is 0 Å². The van der Waals surface area contributed by atoms with Crippen LogP contribution >= 0.6 is 0 Å². The van der Waals surface area contributed by atoms with Crippen LogP contribution in [0, 0.1) is 12.7 Å². The summed E-state index contributed by atoms with van der Waals surface area (Å²) in [5.41, 5.74) is 0.965. The Bertz CT molecular complexity index is 740. The standard InChI is InChI=1S/C17H20FN3O3/c1-10(2)15-14(21-9-24-15)17(23)20-7-6-19-16(22)12-5-4-11(3)13(18)8-12/h4-5,8-10H,6-7H2,1-3H3,(H,19,22)(H,20,23). The van der Waals surface area contributed by atoms with Gasteiger partial charge in [-0.1, -0.05) is 19.9 Å². The van der Waals surface area contributed by atoms with Crippen LogP contribution in [0.15, 0.2) is 29.0 Å². The highest BCUT2D eigenvalue weighted by Crippen LogP contribution is 2.17. The van der Waals surface area contributed by atoms with E-state index in [1.54, 1.807) is 19.1 Å². The molecule has 2 N–H and O–H groups in total. The summed E-state index contributed by atoms with van der Waals surface area (Å²) in [6.07, 6.45) is 1.23. The number of aromatic nitrogens is 1. The number of aryl methyl sites for hydroxylation is 1. The minimum Gasteiger partial charge on any atom is -0.447 e. The van der Waals surface area contributed by atoms with E-state index in [1.807, 2.05) is 13.8 Å². The molecule has 6 nitrogen and oxygen atoms in total. The number of rotatable bonds is 6. The molecule has 2 amide bonds. The van der Waals surface area contributed by atoms with E-state index in [4.69, 9.17) is 4.42 Å². The van der Waals surface area contributed by atoms with E-state index in [9.17, 15) is 14.0 Å². The number of nitrogens with zero attached hydrogens (tertiary/aromatic N) is 1. The van der Waals surface area contributed by atoms with Gasteiger partial charge in [-0.05, 0) is 24.6 Å². The molecule has 0 aliphatic heterocycles. The zero-order valence-electron chi connectivity index (χ0n) is 13.9. The zero-order valence-corrected chi connectivity index (χ0v) is 13.9. The van der Waals surface area contributed by atoms with Crippen molar-refractivity contribution in [1.29, 1.82) is 0 Å². The third-order valence-corrected chi connectivity index (χ3v) is 3.46. The Hall–Kier alpha value is -2.70. The molecule has 0 saturated heterocycles. The largest absolute Gasteiger partial charge is 0.447 e. The summed E-state index contributed by atoms with van der Waals surface area (Å²) < 4.78 is 18.6. The molecule has 0 bridgehead atoms. The van der Waals surface area contributed by atoms with E-state index in [0.717, 1.165) is 0 Å². The molecule has 0 spiro atoms. The number of hydrogen-bond acceptors (Lipinski definition) is 4. The van der Waals surface area contributed by atoms with Gasteiger partial charge in [0.25, 0.3) is 11.8 Å². The molecule has 0 unspecified atom stereocenters. The first-order chi connectivity index (χ1) is 11.4. The number of halogens is 1. The van der Waals surface area contributed by atoms with Crippen LogP contribution in [0.2, 0.25) is 0 Å². The van der Waals surface area contributed by atoms with Crippen molar-refractivity contribution in [3.63, 3.8) is 0 Å². The molecule has 0 aliphatic rings. The van der Waals surface area contributed by atoms with Gasteiger partial charge in [-0.25, -0.2) is 9.37 Å². The summed E-state index contributed by atoms with van der Waals surface area (Å²) in [5.74, 6) is -0.616. The first-order valence-electron chi connectivity index (χ1n) is 7.66. The van der Waals surface area contributed by atoms with Gasteiger partial charge in [0.2, 0.25) is 0 Å². The molecule has 2 aromatic rings. The highest BCUT2D eigenvalue weighted by Gasteiger charge is 2.18. The fraction of sp³-hybridized carbons (Fsp3) is 0.353. The van der Waals surface area contributed by atoms with Crippen LogP contribution in [0.3, 0.4) is 0 Å². The van der Waals surface area contributed by atoms with Gasteiger partial charge < -0.3 is 15.1 Å². The monoisotopic (exact) mass is 333 g/mol. The van der Waals surface area contributed by atoms with Crippen LogP contribution in [0.5, 0.6) is 0 Å². The average molecular weight is 333 g/mol. The molecule has 0 atom stereocenters. The molecule has 2 rings (SSSR count). The lowest BCUT2D eigenvalue weighted by Gasteiger charge is -2.08. The van der Waals surface area contributed by atoms with Gasteiger partial charge >= 0.3 is 0 Å². The van der Waals surface area contributed by atoms with Crippen LogP contribution in [-0.2, 0) is 0 Å². The van der Waals surface area contributed by atoms with Crippen LogP contribution in [-0.4, -0.2) is 29.9 Å². The number of carbonyl (C=O) groups excluding carboxylic acids is 2. The predicted octanol–water partition coefficient (Wildman–Crippen LogP) is 2.41. The van der Waals surface area contributed by atoms with E-state index < -0.39 is 11.7 Å². The molecular weight excluding hydrogens is 313 g/mol. The Kier molecular flexibility index (Phi) is 5.68. The summed E-state index contributed by atoms with van der Waals surface area (Å²) >= 11 is 0. The molecule has 0 fully saturated rings. The second kappa shape index (κ2) is 7.72. The van der Waals surface area contributed by atoms with Crippen molar-refractivity contribution in [2.75, 3.05) is 13.1 Å². The molecular formula is C17H20FN3O3. The van der Waals surface area contributed by atoms with E-state index >= 15 is 0 Å². The number of nitrogens with one attached hydrogen (secondary N) is 2.